The molecular formula is C16H22N2O2. The van der Waals surface area contributed by atoms with Crippen molar-refractivity contribution in [3.05, 3.63) is 36.1 Å². The van der Waals surface area contributed by atoms with Crippen LogP contribution in [-0.4, -0.2) is 11.9 Å². The zero-order valence-electron chi connectivity index (χ0n) is 12.1. The van der Waals surface area contributed by atoms with E-state index in [1.807, 2.05) is 37.3 Å². The first-order valence-electron chi connectivity index (χ1n) is 7.13. The predicted molar refractivity (Wildman–Crippen MR) is 80.3 cm³/mol. The fraction of sp³-hybridized carbons (Fsp3) is 0.438. The van der Waals surface area contributed by atoms with Crippen LogP contribution in [-0.2, 0) is 4.79 Å². The zero-order chi connectivity index (χ0) is 14.5. The first-order valence-corrected chi connectivity index (χ1v) is 7.13. The molecule has 2 unspecified atom stereocenters. The Hall–Kier alpha value is -1.81. The second-order valence-corrected chi connectivity index (χ2v) is 5.23. The summed E-state index contributed by atoms with van der Waals surface area (Å²) in [4.78, 5) is 11.9. The molecule has 0 aliphatic heterocycles. The van der Waals surface area contributed by atoms with Crippen molar-refractivity contribution in [2.24, 2.45) is 5.73 Å². The van der Waals surface area contributed by atoms with Gasteiger partial charge in [-0.15, -0.1) is 0 Å². The number of hydrogen-bond acceptors (Lipinski definition) is 3. The van der Waals surface area contributed by atoms with Crippen LogP contribution in [0.3, 0.4) is 0 Å². The lowest BCUT2D eigenvalue weighted by Crippen LogP contribution is -2.33. The number of fused-ring (bicyclic) bond motifs is 1. The Morgan fingerprint density at radius 3 is 2.85 bits per heavy atom. The Bertz CT molecular complexity index is 544. The quantitative estimate of drug-likeness (QED) is 0.850. The summed E-state index contributed by atoms with van der Waals surface area (Å²) >= 11 is 0. The fourth-order valence-electron chi connectivity index (χ4n) is 2.30. The zero-order valence-corrected chi connectivity index (χ0v) is 12.1. The van der Waals surface area contributed by atoms with Crippen molar-refractivity contribution in [1.29, 1.82) is 0 Å². The maximum absolute atomic E-state index is 11.9. The van der Waals surface area contributed by atoms with Gasteiger partial charge >= 0.3 is 0 Å². The molecule has 0 radical (unpaired) electrons. The molecule has 4 nitrogen and oxygen atoms in total. The van der Waals surface area contributed by atoms with Gasteiger partial charge in [-0.05, 0) is 25.5 Å². The summed E-state index contributed by atoms with van der Waals surface area (Å²) in [5.74, 6) is 0.738. The molecule has 4 heteroatoms. The molecule has 1 heterocycles. The number of amides is 1. The van der Waals surface area contributed by atoms with E-state index in [2.05, 4.69) is 12.2 Å². The average Bonchev–Trinajstić information content (AvgIpc) is 2.82. The van der Waals surface area contributed by atoms with E-state index in [0.717, 1.165) is 29.6 Å². The second kappa shape index (κ2) is 6.57. The van der Waals surface area contributed by atoms with Crippen molar-refractivity contribution in [3.63, 3.8) is 0 Å². The lowest BCUT2D eigenvalue weighted by Gasteiger charge is -2.14. The van der Waals surface area contributed by atoms with E-state index in [1.165, 1.54) is 0 Å². The average molecular weight is 274 g/mol. The largest absolute Gasteiger partial charge is 0.459 e. The molecule has 0 aliphatic carbocycles. The van der Waals surface area contributed by atoms with Crippen LogP contribution in [0.5, 0.6) is 0 Å². The Labute approximate surface area is 119 Å². The Kier molecular flexibility index (Phi) is 4.79. The molecule has 0 saturated heterocycles. The molecule has 1 amide bonds. The molecule has 0 fully saturated rings. The third-order valence-electron chi connectivity index (χ3n) is 3.36. The summed E-state index contributed by atoms with van der Waals surface area (Å²) in [7, 11) is 0. The topological polar surface area (TPSA) is 68.3 Å². The van der Waals surface area contributed by atoms with Gasteiger partial charge in [-0.25, -0.2) is 0 Å². The summed E-state index contributed by atoms with van der Waals surface area (Å²) in [5, 5.41) is 3.98. The molecule has 2 atom stereocenters. The first kappa shape index (κ1) is 14.6. The molecular weight excluding hydrogens is 252 g/mol. The summed E-state index contributed by atoms with van der Waals surface area (Å²) in [6.45, 7) is 3.98. The van der Waals surface area contributed by atoms with Crippen LogP contribution in [0.4, 0.5) is 0 Å². The minimum atomic E-state index is -0.149. The molecule has 0 bridgehead atoms. The molecule has 1 aromatic carbocycles. The summed E-state index contributed by atoms with van der Waals surface area (Å²) in [6.07, 6.45) is 2.22. The van der Waals surface area contributed by atoms with Gasteiger partial charge in [-0.2, -0.15) is 0 Å². The minimum absolute atomic E-state index is 0.0288. The molecule has 2 aromatic rings. The molecule has 3 N–H and O–H groups in total. The Balaban J connectivity index is 1.97. The molecule has 20 heavy (non-hydrogen) atoms. The van der Waals surface area contributed by atoms with Gasteiger partial charge in [0, 0.05) is 17.8 Å². The maximum atomic E-state index is 11.9. The maximum Gasteiger partial charge on any atom is 0.222 e. The van der Waals surface area contributed by atoms with Gasteiger partial charge in [0.25, 0.3) is 0 Å². The van der Waals surface area contributed by atoms with Crippen LogP contribution < -0.4 is 11.1 Å². The molecule has 0 saturated carbocycles. The van der Waals surface area contributed by atoms with Gasteiger partial charge in [-0.3, -0.25) is 4.79 Å². The molecule has 0 spiro atoms. The van der Waals surface area contributed by atoms with E-state index in [4.69, 9.17) is 10.2 Å². The van der Waals surface area contributed by atoms with E-state index in [-0.39, 0.29) is 18.0 Å². The number of nitrogens with one attached hydrogen (secondary N) is 1. The van der Waals surface area contributed by atoms with Crippen molar-refractivity contribution < 1.29 is 9.21 Å². The highest BCUT2D eigenvalue weighted by atomic mass is 16.3. The fourth-order valence-corrected chi connectivity index (χ4v) is 2.30. The van der Waals surface area contributed by atoms with Crippen molar-refractivity contribution in [3.8, 4) is 0 Å². The number of carbonyl (C=O) groups excluding carboxylic acids is 1. The predicted octanol–water partition coefficient (Wildman–Crippen LogP) is 3.13. The number of furan rings is 1. The number of benzene rings is 1. The second-order valence-electron chi connectivity index (χ2n) is 5.23. The standard InChI is InChI=1S/C16H22N2O2/c1-3-6-13(17)10-16(19)18-11(2)15-9-12-7-4-5-8-14(12)20-15/h4-5,7-9,11,13H,3,6,10,17H2,1-2H3,(H,18,19). The summed E-state index contributed by atoms with van der Waals surface area (Å²) in [6, 6.07) is 9.56. The van der Waals surface area contributed by atoms with Crippen molar-refractivity contribution >= 4 is 16.9 Å². The van der Waals surface area contributed by atoms with E-state index in [9.17, 15) is 4.79 Å². The SMILES string of the molecule is CCCC(N)CC(=O)NC(C)c1cc2ccccc2o1. The third-order valence-corrected chi connectivity index (χ3v) is 3.36. The van der Waals surface area contributed by atoms with Crippen LogP contribution in [0.15, 0.2) is 34.7 Å². The van der Waals surface area contributed by atoms with Gasteiger partial charge in [-0.1, -0.05) is 31.5 Å². The van der Waals surface area contributed by atoms with Crippen LogP contribution in [0, 0.1) is 0 Å². The highest BCUT2D eigenvalue weighted by Crippen LogP contribution is 2.23. The van der Waals surface area contributed by atoms with Crippen molar-refractivity contribution in [2.75, 3.05) is 0 Å². The number of para-hydroxylation sites is 1. The number of nitrogens with two attached hydrogens (primary N) is 1. The summed E-state index contributed by atoms with van der Waals surface area (Å²) < 4.78 is 5.74. The van der Waals surface area contributed by atoms with Crippen LogP contribution >= 0.6 is 0 Å². The van der Waals surface area contributed by atoms with E-state index in [0.29, 0.717) is 6.42 Å². The molecule has 2 rings (SSSR count). The third kappa shape index (κ3) is 3.61. The van der Waals surface area contributed by atoms with Gasteiger partial charge in [0.1, 0.15) is 11.3 Å². The van der Waals surface area contributed by atoms with E-state index in [1.54, 1.807) is 0 Å². The Morgan fingerprint density at radius 2 is 2.15 bits per heavy atom. The van der Waals surface area contributed by atoms with Crippen molar-refractivity contribution in [1.82, 2.24) is 5.32 Å². The summed E-state index contributed by atoms with van der Waals surface area (Å²) in [5.41, 5.74) is 6.72. The minimum Gasteiger partial charge on any atom is -0.459 e. The van der Waals surface area contributed by atoms with E-state index < -0.39 is 0 Å². The van der Waals surface area contributed by atoms with Crippen LogP contribution in [0.1, 0.15) is 44.9 Å². The lowest BCUT2D eigenvalue weighted by atomic mass is 10.1. The monoisotopic (exact) mass is 274 g/mol. The van der Waals surface area contributed by atoms with Gasteiger partial charge in [0.2, 0.25) is 5.91 Å². The highest BCUT2D eigenvalue weighted by Gasteiger charge is 2.15. The highest BCUT2D eigenvalue weighted by molar-refractivity contribution is 5.79. The smallest absolute Gasteiger partial charge is 0.222 e. The van der Waals surface area contributed by atoms with Crippen molar-refractivity contribution in [2.45, 2.75) is 45.2 Å². The van der Waals surface area contributed by atoms with Gasteiger partial charge < -0.3 is 15.5 Å². The van der Waals surface area contributed by atoms with Gasteiger partial charge in [0.15, 0.2) is 0 Å². The number of rotatable bonds is 6. The normalized spacial score (nSPS) is 14.2. The molecule has 108 valence electrons. The molecule has 0 aliphatic rings. The van der Waals surface area contributed by atoms with Gasteiger partial charge in [0.05, 0.1) is 6.04 Å². The van der Waals surface area contributed by atoms with E-state index >= 15 is 0 Å². The number of carbonyl (C=O) groups is 1. The molecule has 1 aromatic heterocycles. The first-order chi connectivity index (χ1) is 9.60. The van der Waals surface area contributed by atoms with Crippen LogP contribution in [0.25, 0.3) is 11.0 Å². The lowest BCUT2D eigenvalue weighted by molar-refractivity contribution is -0.122. The Morgan fingerprint density at radius 1 is 1.40 bits per heavy atom. The number of hydrogen-bond donors (Lipinski definition) is 2. The van der Waals surface area contributed by atoms with Crippen LogP contribution in [0.2, 0.25) is 0 Å².